The van der Waals surface area contributed by atoms with Crippen LogP contribution in [0.2, 0.25) is 0 Å². The quantitative estimate of drug-likeness (QED) is 0.320. The van der Waals surface area contributed by atoms with Gasteiger partial charge in [0.25, 0.3) is 5.91 Å². The number of allylic oxidation sites excluding steroid dienone is 3. The Balaban J connectivity index is 0.000000578. The van der Waals surface area contributed by atoms with Crippen molar-refractivity contribution in [2.75, 3.05) is 6.54 Å². The minimum Gasteiger partial charge on any atom is -0.352 e. The van der Waals surface area contributed by atoms with Gasteiger partial charge in [-0.1, -0.05) is 70.4 Å². The first kappa shape index (κ1) is 30.1. The van der Waals surface area contributed by atoms with Gasteiger partial charge in [-0.2, -0.15) is 13.2 Å². The Labute approximate surface area is 196 Å². The molecule has 2 rings (SSSR count). The molecule has 33 heavy (non-hydrogen) atoms. The number of benzene rings is 1. The molecule has 0 fully saturated rings. The van der Waals surface area contributed by atoms with Gasteiger partial charge >= 0.3 is 6.18 Å². The number of pyridine rings is 1. The second-order valence-corrected chi connectivity index (χ2v) is 7.27. The number of halogens is 3. The van der Waals surface area contributed by atoms with E-state index in [-0.39, 0.29) is 5.91 Å². The molecular weight excluding hydrogens is 425 g/mol. The molecule has 0 unspecified atom stereocenters. The normalized spacial score (nSPS) is 10.8. The van der Waals surface area contributed by atoms with Gasteiger partial charge in [-0.25, -0.2) is 0 Å². The SMILES string of the molecule is C=C(/C=C(\C)c1cccnc1)C(F)(F)F.CC.CCCCCCNC(=O)c1ccc(C)cc1. The zero-order valence-electron chi connectivity index (χ0n) is 20.4. The minimum atomic E-state index is -4.37. The monoisotopic (exact) mass is 462 g/mol. The molecule has 0 saturated heterocycles. The van der Waals surface area contributed by atoms with E-state index in [2.05, 4.69) is 23.8 Å². The highest BCUT2D eigenvalue weighted by molar-refractivity contribution is 5.94. The number of hydrogen-bond donors (Lipinski definition) is 1. The van der Waals surface area contributed by atoms with Crippen LogP contribution in [0.25, 0.3) is 5.57 Å². The van der Waals surface area contributed by atoms with Gasteiger partial charge in [-0.3, -0.25) is 9.78 Å². The molecule has 0 bridgehead atoms. The number of nitrogens with one attached hydrogen (secondary N) is 1. The number of carbonyl (C=O) groups excluding carboxylic acids is 1. The Hall–Kier alpha value is -2.89. The Morgan fingerprint density at radius 3 is 2.21 bits per heavy atom. The summed E-state index contributed by atoms with van der Waals surface area (Å²) >= 11 is 0. The van der Waals surface area contributed by atoms with E-state index in [1.165, 1.54) is 31.0 Å². The number of nitrogens with zero attached hydrogens (tertiary/aromatic N) is 1. The molecule has 182 valence electrons. The zero-order valence-corrected chi connectivity index (χ0v) is 20.4. The number of carbonyl (C=O) groups is 1. The molecule has 0 aliphatic rings. The fourth-order valence-corrected chi connectivity index (χ4v) is 2.58. The van der Waals surface area contributed by atoms with E-state index in [9.17, 15) is 18.0 Å². The van der Waals surface area contributed by atoms with Crippen LogP contribution in [0.15, 0.2) is 67.0 Å². The maximum absolute atomic E-state index is 12.2. The maximum Gasteiger partial charge on any atom is 0.415 e. The topological polar surface area (TPSA) is 42.0 Å². The average molecular weight is 463 g/mol. The third-order valence-corrected chi connectivity index (χ3v) is 4.50. The van der Waals surface area contributed by atoms with Crippen LogP contribution in [0.5, 0.6) is 0 Å². The average Bonchev–Trinajstić information content (AvgIpc) is 2.81. The number of unbranched alkanes of at least 4 members (excludes halogenated alkanes) is 3. The van der Waals surface area contributed by atoms with Gasteiger partial charge in [0.1, 0.15) is 0 Å². The van der Waals surface area contributed by atoms with Crippen LogP contribution in [0.1, 0.15) is 74.9 Å². The van der Waals surface area contributed by atoms with Crippen molar-refractivity contribution < 1.29 is 18.0 Å². The fraction of sp³-hybridized carbons (Fsp3) is 0.407. The number of rotatable bonds is 8. The van der Waals surface area contributed by atoms with E-state index in [1.54, 1.807) is 25.3 Å². The zero-order chi connectivity index (χ0) is 25.3. The van der Waals surface area contributed by atoms with Crippen molar-refractivity contribution in [2.24, 2.45) is 0 Å². The van der Waals surface area contributed by atoms with Crippen molar-refractivity contribution in [3.63, 3.8) is 0 Å². The Bertz CT molecular complexity index is 842. The lowest BCUT2D eigenvalue weighted by Gasteiger charge is -2.07. The van der Waals surface area contributed by atoms with E-state index in [1.807, 2.05) is 45.0 Å². The third-order valence-electron chi connectivity index (χ3n) is 4.50. The largest absolute Gasteiger partial charge is 0.415 e. The number of aromatic nitrogens is 1. The van der Waals surface area contributed by atoms with Gasteiger partial charge in [0.2, 0.25) is 0 Å². The van der Waals surface area contributed by atoms with Gasteiger partial charge in [0, 0.05) is 30.1 Å². The Morgan fingerprint density at radius 1 is 1.06 bits per heavy atom. The number of amides is 1. The standard InChI is InChI=1S/C14H21NO.C11H10F3N.C2H6/c1-3-4-5-6-11-15-14(16)13-9-7-12(2)8-10-13;1-8(6-9(2)11(12,13)14)10-4-3-5-15-7-10;1-2/h7-10H,3-6,11H2,1-2H3,(H,15,16);3-7H,2H2,1H3;1-2H3/b;8-6+;. The molecule has 1 aromatic heterocycles. The highest BCUT2D eigenvalue weighted by atomic mass is 19.4. The van der Waals surface area contributed by atoms with Gasteiger partial charge < -0.3 is 5.32 Å². The van der Waals surface area contributed by atoms with Crippen molar-refractivity contribution in [3.05, 3.63) is 83.7 Å². The summed E-state index contributed by atoms with van der Waals surface area (Å²) in [4.78, 5) is 15.5. The molecule has 0 aliphatic carbocycles. The predicted octanol–water partition coefficient (Wildman–Crippen LogP) is 7.93. The fourth-order valence-electron chi connectivity index (χ4n) is 2.58. The summed E-state index contributed by atoms with van der Waals surface area (Å²) in [7, 11) is 0. The highest BCUT2D eigenvalue weighted by Gasteiger charge is 2.30. The van der Waals surface area contributed by atoms with Crippen LogP contribution in [0.3, 0.4) is 0 Å². The summed E-state index contributed by atoms with van der Waals surface area (Å²) in [5.74, 6) is 0.0384. The molecular formula is C27H37F3N2O. The van der Waals surface area contributed by atoms with Gasteiger partial charge in [-0.05, 0) is 55.7 Å². The number of alkyl halides is 3. The summed E-state index contributed by atoms with van der Waals surface area (Å²) in [6.45, 7) is 13.6. The van der Waals surface area contributed by atoms with Crippen molar-refractivity contribution in [2.45, 2.75) is 66.5 Å². The molecule has 6 heteroatoms. The summed E-state index contributed by atoms with van der Waals surface area (Å²) in [6, 6.07) is 11.0. The van der Waals surface area contributed by atoms with Crippen molar-refractivity contribution in [1.82, 2.24) is 10.3 Å². The molecule has 3 nitrogen and oxygen atoms in total. The lowest BCUT2D eigenvalue weighted by atomic mass is 10.1. The van der Waals surface area contributed by atoms with E-state index in [0.717, 1.165) is 24.6 Å². The summed E-state index contributed by atoms with van der Waals surface area (Å²) in [5.41, 5.74) is 2.22. The first-order valence-electron chi connectivity index (χ1n) is 11.3. The van der Waals surface area contributed by atoms with Crippen LogP contribution < -0.4 is 5.32 Å². The van der Waals surface area contributed by atoms with Crippen LogP contribution in [0.4, 0.5) is 13.2 Å². The predicted molar refractivity (Wildman–Crippen MR) is 132 cm³/mol. The first-order valence-corrected chi connectivity index (χ1v) is 11.3. The summed E-state index contributed by atoms with van der Waals surface area (Å²) < 4.78 is 36.5. The van der Waals surface area contributed by atoms with Crippen molar-refractivity contribution >= 4 is 11.5 Å². The Morgan fingerprint density at radius 2 is 1.70 bits per heavy atom. The van der Waals surface area contributed by atoms with Gasteiger partial charge in [0.05, 0.1) is 0 Å². The van der Waals surface area contributed by atoms with E-state index >= 15 is 0 Å². The lowest BCUT2D eigenvalue weighted by Crippen LogP contribution is -2.24. The molecule has 1 heterocycles. The van der Waals surface area contributed by atoms with Crippen molar-refractivity contribution in [3.8, 4) is 0 Å². The molecule has 1 aromatic carbocycles. The molecule has 0 radical (unpaired) electrons. The third kappa shape index (κ3) is 13.3. The second kappa shape index (κ2) is 16.7. The van der Waals surface area contributed by atoms with E-state index in [0.29, 0.717) is 11.1 Å². The van der Waals surface area contributed by atoms with E-state index < -0.39 is 11.7 Å². The molecule has 0 aliphatic heterocycles. The summed E-state index contributed by atoms with van der Waals surface area (Å²) in [5, 5.41) is 2.94. The van der Waals surface area contributed by atoms with E-state index in [4.69, 9.17) is 0 Å². The van der Waals surface area contributed by atoms with Crippen LogP contribution in [-0.2, 0) is 0 Å². The maximum atomic E-state index is 12.2. The second-order valence-electron chi connectivity index (χ2n) is 7.27. The van der Waals surface area contributed by atoms with Crippen LogP contribution >= 0.6 is 0 Å². The lowest BCUT2D eigenvalue weighted by molar-refractivity contribution is -0.0877. The smallest absolute Gasteiger partial charge is 0.352 e. The molecule has 2 aromatic rings. The summed E-state index contributed by atoms with van der Waals surface area (Å²) in [6.07, 6.45) is 4.47. The van der Waals surface area contributed by atoms with Crippen LogP contribution in [-0.4, -0.2) is 23.6 Å². The van der Waals surface area contributed by atoms with Gasteiger partial charge in [0.15, 0.2) is 0 Å². The molecule has 1 amide bonds. The number of aryl methyl sites for hydroxylation is 1. The minimum absolute atomic E-state index is 0.0384. The first-order chi connectivity index (χ1) is 15.6. The highest BCUT2D eigenvalue weighted by Crippen LogP contribution is 2.27. The molecule has 1 N–H and O–H groups in total. The Kier molecular flexibility index (Phi) is 15.2. The molecule has 0 saturated carbocycles. The van der Waals surface area contributed by atoms with Gasteiger partial charge in [-0.15, -0.1) is 0 Å². The van der Waals surface area contributed by atoms with Crippen molar-refractivity contribution in [1.29, 1.82) is 0 Å². The van der Waals surface area contributed by atoms with Crippen LogP contribution in [0, 0.1) is 6.92 Å². The molecule has 0 spiro atoms. The molecule has 0 atom stereocenters. The number of hydrogen-bond acceptors (Lipinski definition) is 2.